The molecule has 1 rings (SSSR count). The molecule has 0 radical (unpaired) electrons. The molecule has 0 aliphatic carbocycles. The molecule has 1 aromatic carbocycles. The molecule has 0 bridgehead atoms. The maximum absolute atomic E-state index is 12.2. The molecule has 2 unspecified atom stereocenters. The molecule has 0 spiro atoms. The molecule has 0 saturated heterocycles. The average Bonchev–Trinajstić information content (AvgIpc) is 2.25. The van der Waals surface area contributed by atoms with Gasteiger partial charge in [0.2, 0.25) is 0 Å². The van der Waals surface area contributed by atoms with Crippen molar-refractivity contribution in [3.05, 3.63) is 35.9 Å². The lowest BCUT2D eigenvalue weighted by Gasteiger charge is -2.23. The number of hydrogen-bond donors (Lipinski definition) is 2. The van der Waals surface area contributed by atoms with Crippen molar-refractivity contribution in [3.63, 3.8) is 0 Å². The van der Waals surface area contributed by atoms with E-state index in [-0.39, 0.29) is 6.42 Å². The van der Waals surface area contributed by atoms with Crippen molar-refractivity contribution in [2.24, 2.45) is 5.92 Å². The standard InChI is InChI=1S/C11H13F3O2/c12-11(13,14)10(16)9(7-15)6-8-4-2-1-3-5-8/h1-5,9-10,15-16H,6-7H2. The normalized spacial score (nSPS) is 15.8. The fourth-order valence-corrected chi connectivity index (χ4v) is 1.46. The third kappa shape index (κ3) is 3.50. The summed E-state index contributed by atoms with van der Waals surface area (Å²) in [5, 5.41) is 17.9. The van der Waals surface area contributed by atoms with E-state index >= 15 is 0 Å². The van der Waals surface area contributed by atoms with E-state index in [1.54, 1.807) is 30.3 Å². The number of halogens is 3. The fraction of sp³-hybridized carbons (Fsp3) is 0.455. The molecule has 0 heterocycles. The van der Waals surface area contributed by atoms with Crippen LogP contribution >= 0.6 is 0 Å². The second-order valence-corrected chi connectivity index (χ2v) is 3.62. The van der Waals surface area contributed by atoms with Crippen molar-refractivity contribution < 1.29 is 23.4 Å². The van der Waals surface area contributed by atoms with Gasteiger partial charge >= 0.3 is 6.18 Å². The van der Waals surface area contributed by atoms with Crippen molar-refractivity contribution in [1.82, 2.24) is 0 Å². The molecule has 0 amide bonds. The van der Waals surface area contributed by atoms with Gasteiger partial charge < -0.3 is 10.2 Å². The highest BCUT2D eigenvalue weighted by molar-refractivity contribution is 5.15. The predicted octanol–water partition coefficient (Wildman–Crippen LogP) is 1.76. The van der Waals surface area contributed by atoms with Crippen LogP contribution in [0.1, 0.15) is 5.56 Å². The number of hydrogen-bond acceptors (Lipinski definition) is 2. The van der Waals surface area contributed by atoms with Gasteiger partial charge in [-0.15, -0.1) is 0 Å². The molecule has 0 fully saturated rings. The summed E-state index contributed by atoms with van der Waals surface area (Å²) in [6.07, 6.45) is -7.18. The largest absolute Gasteiger partial charge is 0.414 e. The van der Waals surface area contributed by atoms with E-state index in [0.717, 1.165) is 0 Å². The van der Waals surface area contributed by atoms with Gasteiger partial charge in [0.05, 0.1) is 0 Å². The van der Waals surface area contributed by atoms with Crippen LogP contribution in [0.15, 0.2) is 30.3 Å². The third-order valence-electron chi connectivity index (χ3n) is 2.36. The van der Waals surface area contributed by atoms with Crippen LogP contribution in [0, 0.1) is 5.92 Å². The molecule has 0 saturated carbocycles. The van der Waals surface area contributed by atoms with Gasteiger partial charge in [-0.2, -0.15) is 13.2 Å². The highest BCUT2D eigenvalue weighted by Crippen LogP contribution is 2.27. The fourth-order valence-electron chi connectivity index (χ4n) is 1.46. The Morgan fingerprint density at radius 3 is 2.12 bits per heavy atom. The van der Waals surface area contributed by atoms with E-state index < -0.39 is 24.8 Å². The monoisotopic (exact) mass is 234 g/mol. The minimum Gasteiger partial charge on any atom is -0.396 e. The number of aliphatic hydroxyl groups is 2. The maximum Gasteiger partial charge on any atom is 0.414 e. The summed E-state index contributed by atoms with van der Waals surface area (Å²) in [5.41, 5.74) is 0.657. The van der Waals surface area contributed by atoms with E-state index in [1.807, 2.05) is 0 Å². The zero-order valence-electron chi connectivity index (χ0n) is 8.48. The van der Waals surface area contributed by atoms with E-state index in [2.05, 4.69) is 0 Å². The Labute approximate surface area is 91.3 Å². The zero-order chi connectivity index (χ0) is 12.2. The molecule has 90 valence electrons. The lowest BCUT2D eigenvalue weighted by molar-refractivity contribution is -0.222. The molecule has 0 aromatic heterocycles. The number of aliphatic hydroxyl groups excluding tert-OH is 2. The van der Waals surface area contributed by atoms with Crippen LogP contribution in [0.5, 0.6) is 0 Å². The van der Waals surface area contributed by atoms with Crippen LogP contribution in [-0.2, 0) is 6.42 Å². The van der Waals surface area contributed by atoms with Crippen molar-refractivity contribution in [3.8, 4) is 0 Å². The van der Waals surface area contributed by atoms with E-state index in [4.69, 9.17) is 10.2 Å². The maximum atomic E-state index is 12.2. The zero-order valence-corrected chi connectivity index (χ0v) is 8.48. The first kappa shape index (κ1) is 13.0. The quantitative estimate of drug-likeness (QED) is 0.833. The summed E-state index contributed by atoms with van der Waals surface area (Å²) < 4.78 is 36.7. The lowest BCUT2D eigenvalue weighted by atomic mass is 9.94. The highest BCUT2D eigenvalue weighted by Gasteiger charge is 2.43. The summed E-state index contributed by atoms with van der Waals surface area (Å²) in [6.45, 7) is -0.699. The molecule has 0 aliphatic heterocycles. The van der Waals surface area contributed by atoms with Gasteiger partial charge in [-0.1, -0.05) is 30.3 Å². The van der Waals surface area contributed by atoms with Crippen LogP contribution < -0.4 is 0 Å². The summed E-state index contributed by atoms with van der Waals surface area (Å²) in [4.78, 5) is 0. The third-order valence-corrected chi connectivity index (χ3v) is 2.36. The molecule has 1 aromatic rings. The number of rotatable bonds is 4. The molecular formula is C11H13F3O2. The Kier molecular flexibility index (Phi) is 4.32. The minimum atomic E-state index is -4.69. The summed E-state index contributed by atoms with van der Waals surface area (Å²) in [6, 6.07) is 8.46. The van der Waals surface area contributed by atoms with Crippen molar-refractivity contribution >= 4 is 0 Å². The molecule has 2 atom stereocenters. The number of benzene rings is 1. The average molecular weight is 234 g/mol. The van der Waals surface area contributed by atoms with Crippen LogP contribution in [0.2, 0.25) is 0 Å². The lowest BCUT2D eigenvalue weighted by Crippen LogP contribution is -2.38. The Bertz CT molecular complexity index is 311. The van der Waals surface area contributed by atoms with Crippen LogP contribution in [-0.4, -0.2) is 29.1 Å². The van der Waals surface area contributed by atoms with Crippen molar-refractivity contribution in [2.75, 3.05) is 6.61 Å². The van der Waals surface area contributed by atoms with Gasteiger partial charge in [-0.05, 0) is 12.0 Å². The van der Waals surface area contributed by atoms with E-state index in [1.165, 1.54) is 0 Å². The van der Waals surface area contributed by atoms with Crippen molar-refractivity contribution in [2.45, 2.75) is 18.7 Å². The Morgan fingerprint density at radius 2 is 1.69 bits per heavy atom. The predicted molar refractivity (Wildman–Crippen MR) is 52.8 cm³/mol. The second kappa shape index (κ2) is 5.32. The molecule has 2 N–H and O–H groups in total. The van der Waals surface area contributed by atoms with Gasteiger partial charge in [-0.25, -0.2) is 0 Å². The first-order valence-electron chi connectivity index (χ1n) is 4.84. The van der Waals surface area contributed by atoms with Gasteiger partial charge in [0, 0.05) is 12.5 Å². The van der Waals surface area contributed by atoms with Gasteiger partial charge in [0.1, 0.15) is 0 Å². The summed E-state index contributed by atoms with van der Waals surface area (Å²) in [5.74, 6) is -1.22. The number of alkyl halides is 3. The molecule has 2 nitrogen and oxygen atoms in total. The molecule has 0 aliphatic rings. The SMILES string of the molecule is OCC(Cc1ccccc1)C(O)C(F)(F)F. The van der Waals surface area contributed by atoms with Crippen molar-refractivity contribution in [1.29, 1.82) is 0 Å². The second-order valence-electron chi connectivity index (χ2n) is 3.62. The van der Waals surface area contributed by atoms with E-state index in [0.29, 0.717) is 5.56 Å². The first-order chi connectivity index (χ1) is 7.45. The van der Waals surface area contributed by atoms with Gasteiger partial charge in [-0.3, -0.25) is 0 Å². The van der Waals surface area contributed by atoms with Gasteiger partial charge in [0.25, 0.3) is 0 Å². The van der Waals surface area contributed by atoms with E-state index in [9.17, 15) is 13.2 Å². The Balaban J connectivity index is 2.70. The topological polar surface area (TPSA) is 40.5 Å². The van der Waals surface area contributed by atoms with Gasteiger partial charge in [0.15, 0.2) is 6.10 Å². The first-order valence-corrected chi connectivity index (χ1v) is 4.84. The van der Waals surface area contributed by atoms with Crippen LogP contribution in [0.25, 0.3) is 0 Å². The minimum absolute atomic E-state index is 0.00197. The summed E-state index contributed by atoms with van der Waals surface area (Å²) in [7, 11) is 0. The highest BCUT2D eigenvalue weighted by atomic mass is 19.4. The van der Waals surface area contributed by atoms with Crippen LogP contribution in [0.4, 0.5) is 13.2 Å². The Hall–Kier alpha value is -1.07. The summed E-state index contributed by atoms with van der Waals surface area (Å²) >= 11 is 0. The smallest absolute Gasteiger partial charge is 0.396 e. The molecule has 5 heteroatoms. The molecule has 16 heavy (non-hydrogen) atoms. The molecular weight excluding hydrogens is 221 g/mol. The Morgan fingerprint density at radius 1 is 1.12 bits per heavy atom. The van der Waals surface area contributed by atoms with Crippen LogP contribution in [0.3, 0.4) is 0 Å².